The molecule has 0 bridgehead atoms. The smallest absolute Gasteiger partial charge is 0.485 e. The van der Waals surface area contributed by atoms with E-state index in [2.05, 4.69) is 21.0 Å². The second-order valence-electron chi connectivity index (χ2n) is 3.87. The molecule has 0 aliphatic rings. The van der Waals surface area contributed by atoms with Gasteiger partial charge in [0.05, 0.1) is 27.2 Å². The maximum absolute atomic E-state index is 10.7. The molecule has 0 aromatic carbocycles. The summed E-state index contributed by atoms with van der Waals surface area (Å²) in [4.78, 5) is 0. The molecule has 5 nitrogen and oxygen atoms in total. The molecule has 17 heavy (non-hydrogen) atoms. The van der Waals surface area contributed by atoms with Crippen LogP contribution in [-0.2, 0) is 14.9 Å². The van der Waals surface area contributed by atoms with Gasteiger partial charge >= 0.3 is 5.51 Å². The lowest BCUT2D eigenvalue weighted by molar-refractivity contribution is -0.888. The number of nitrogens with zero attached hydrogens (tertiary/aromatic N) is 1. The summed E-state index contributed by atoms with van der Waals surface area (Å²) in [6, 6.07) is 0. The van der Waals surface area contributed by atoms with Crippen molar-refractivity contribution >= 4 is 10.1 Å². The predicted octanol–water partition coefficient (Wildman–Crippen LogP) is 0.780. The van der Waals surface area contributed by atoms with Crippen molar-refractivity contribution in [1.82, 2.24) is 0 Å². The molecule has 0 amide bonds. The van der Waals surface area contributed by atoms with Gasteiger partial charge in [-0.2, -0.15) is 13.2 Å². The molecule has 0 saturated heterocycles. The Kier molecular flexibility index (Phi) is 7.97. The summed E-state index contributed by atoms with van der Waals surface area (Å²) in [7, 11) is 0.0701. The first-order valence-electron chi connectivity index (χ1n) is 4.70. The first-order chi connectivity index (χ1) is 7.37. The number of hydrogen-bond acceptors (Lipinski definition) is 4. The highest BCUT2D eigenvalue weighted by molar-refractivity contribution is 7.86. The van der Waals surface area contributed by atoms with E-state index in [1.54, 1.807) is 7.11 Å². The van der Waals surface area contributed by atoms with Crippen molar-refractivity contribution in [2.75, 3.05) is 40.9 Å². The molecule has 0 unspecified atom stereocenters. The molecule has 0 rings (SSSR count). The van der Waals surface area contributed by atoms with E-state index in [0.717, 1.165) is 17.6 Å². The molecule has 106 valence electrons. The minimum absolute atomic E-state index is 0.862. The van der Waals surface area contributed by atoms with Crippen LogP contribution >= 0.6 is 0 Å². The van der Waals surface area contributed by atoms with E-state index in [-0.39, 0.29) is 0 Å². The number of ether oxygens (including phenoxy) is 1. The van der Waals surface area contributed by atoms with Crippen LogP contribution in [0.15, 0.2) is 0 Å². The first kappa shape index (κ1) is 19.0. The Morgan fingerprint density at radius 2 is 1.65 bits per heavy atom. The van der Waals surface area contributed by atoms with Crippen LogP contribution in [-0.4, -0.2) is 63.9 Å². The van der Waals surface area contributed by atoms with Gasteiger partial charge in [-0.3, -0.25) is 0 Å². The molecule has 0 N–H and O–H groups in total. The van der Waals surface area contributed by atoms with Gasteiger partial charge in [-0.25, -0.2) is 8.42 Å². The van der Waals surface area contributed by atoms with E-state index in [1.165, 1.54) is 6.54 Å². The van der Waals surface area contributed by atoms with Crippen LogP contribution in [0.25, 0.3) is 0 Å². The lowest BCUT2D eigenvalue weighted by Crippen LogP contribution is -2.41. The van der Waals surface area contributed by atoms with Crippen molar-refractivity contribution in [1.29, 1.82) is 0 Å². The maximum atomic E-state index is 10.7. The fourth-order valence-electron chi connectivity index (χ4n) is 0.497. The molecular weight excluding hydrogens is 263 g/mol. The van der Waals surface area contributed by atoms with Crippen molar-refractivity contribution in [3.63, 3.8) is 0 Å². The normalized spacial score (nSPS) is 12.9. The van der Waals surface area contributed by atoms with Crippen molar-refractivity contribution in [3.05, 3.63) is 0 Å². The minimum Gasteiger partial charge on any atom is -0.741 e. The van der Waals surface area contributed by atoms with E-state index in [1.807, 2.05) is 0 Å². The van der Waals surface area contributed by atoms with Gasteiger partial charge in [-0.1, -0.05) is 0 Å². The zero-order chi connectivity index (χ0) is 14.3. The monoisotopic (exact) mass is 281 g/mol. The largest absolute Gasteiger partial charge is 0.741 e. The van der Waals surface area contributed by atoms with Gasteiger partial charge in [0.2, 0.25) is 0 Å². The average molecular weight is 281 g/mol. The van der Waals surface area contributed by atoms with E-state index in [4.69, 9.17) is 17.7 Å². The molecule has 0 saturated carbocycles. The number of alkyl halides is 3. The molecule has 0 aromatic rings. The van der Waals surface area contributed by atoms with E-state index < -0.39 is 15.6 Å². The topological polar surface area (TPSA) is 66.4 Å². The summed E-state index contributed by atoms with van der Waals surface area (Å²) in [6.07, 6.45) is 0. The van der Waals surface area contributed by atoms with E-state index >= 15 is 0 Å². The number of rotatable bonds is 4. The number of likely N-dealkylation sites (N-methyl/N-ethyl adjacent to an activating group) is 1. The van der Waals surface area contributed by atoms with Crippen LogP contribution in [0.1, 0.15) is 6.92 Å². The van der Waals surface area contributed by atoms with Gasteiger partial charge in [-0.15, -0.1) is 0 Å². The van der Waals surface area contributed by atoms with Crippen molar-refractivity contribution in [3.8, 4) is 0 Å². The highest BCUT2D eigenvalue weighted by Gasteiger charge is 2.36. The number of hydrogen-bond donors (Lipinski definition) is 0. The van der Waals surface area contributed by atoms with Gasteiger partial charge in [0.15, 0.2) is 10.1 Å². The molecule has 0 aliphatic carbocycles. The Bertz CT molecular complexity index is 300. The zero-order valence-corrected chi connectivity index (χ0v) is 11.1. The van der Waals surface area contributed by atoms with Gasteiger partial charge in [0.25, 0.3) is 0 Å². The average Bonchev–Trinajstić information content (AvgIpc) is 2.13. The van der Waals surface area contributed by atoms with Crippen molar-refractivity contribution < 1.29 is 35.4 Å². The summed E-state index contributed by atoms with van der Waals surface area (Å²) in [5.74, 6) is 0. The second kappa shape index (κ2) is 7.14. The lowest BCUT2D eigenvalue weighted by atomic mass is 10.4. The summed E-state index contributed by atoms with van der Waals surface area (Å²) >= 11 is 0. The zero-order valence-electron chi connectivity index (χ0n) is 10.2. The Balaban J connectivity index is 0. The first-order valence-corrected chi connectivity index (χ1v) is 6.11. The van der Waals surface area contributed by atoms with Crippen LogP contribution < -0.4 is 0 Å². The van der Waals surface area contributed by atoms with Gasteiger partial charge in [0.1, 0.15) is 6.54 Å². The van der Waals surface area contributed by atoms with Crippen molar-refractivity contribution in [2.24, 2.45) is 0 Å². The summed E-state index contributed by atoms with van der Waals surface area (Å²) in [5.41, 5.74) is -5.65. The van der Waals surface area contributed by atoms with E-state index in [9.17, 15) is 13.2 Å². The number of halogens is 3. The molecule has 0 heterocycles. The summed E-state index contributed by atoms with van der Waals surface area (Å²) < 4.78 is 64.9. The van der Waals surface area contributed by atoms with Gasteiger partial charge in [0, 0.05) is 7.11 Å². The fourth-order valence-corrected chi connectivity index (χ4v) is 0.497. The van der Waals surface area contributed by atoms with Gasteiger partial charge < -0.3 is 13.8 Å². The molecule has 0 spiro atoms. The van der Waals surface area contributed by atoms with Crippen LogP contribution in [0.2, 0.25) is 0 Å². The Morgan fingerprint density at radius 3 is 1.82 bits per heavy atom. The second-order valence-corrected chi connectivity index (χ2v) is 5.24. The van der Waals surface area contributed by atoms with Crippen LogP contribution in [0.4, 0.5) is 13.2 Å². The van der Waals surface area contributed by atoms with E-state index in [0.29, 0.717) is 0 Å². The SMILES string of the molecule is CC[N+](C)(C)CCOC.O=S(=O)([O-])C(F)(F)F. The third-order valence-electron chi connectivity index (χ3n) is 2.04. The fraction of sp³-hybridized carbons (Fsp3) is 1.00. The third-order valence-corrected chi connectivity index (χ3v) is 2.61. The molecule has 0 radical (unpaired) electrons. The summed E-state index contributed by atoms with van der Waals surface area (Å²) in [6.45, 7) is 5.33. The Hall–Kier alpha value is -0.380. The van der Waals surface area contributed by atoms with Crippen LogP contribution in [0, 0.1) is 0 Å². The number of quaternary nitrogens is 1. The molecule has 0 fully saturated rings. The molecule has 0 atom stereocenters. The molecular formula is C8H18F3NO4S. The molecule has 0 aromatic heterocycles. The Labute approximate surface area is 99.5 Å². The van der Waals surface area contributed by atoms with Gasteiger partial charge in [-0.05, 0) is 6.92 Å². The van der Waals surface area contributed by atoms with Crippen LogP contribution in [0.5, 0.6) is 0 Å². The van der Waals surface area contributed by atoms with Crippen LogP contribution in [0.3, 0.4) is 0 Å². The third kappa shape index (κ3) is 10.5. The highest BCUT2D eigenvalue weighted by atomic mass is 32.2. The molecule has 9 heteroatoms. The predicted molar refractivity (Wildman–Crippen MR) is 55.1 cm³/mol. The molecule has 0 aliphatic heterocycles. The quantitative estimate of drug-likeness (QED) is 0.434. The standard InChI is InChI=1S/C7H18NO.CHF3O3S/c1-5-8(2,3)6-7-9-4;2-1(3,4)8(5,6)7/h5-7H2,1-4H3;(H,5,6,7)/q+1;/p-1. The summed E-state index contributed by atoms with van der Waals surface area (Å²) in [5, 5.41) is 0. The lowest BCUT2D eigenvalue weighted by Gasteiger charge is -2.27. The maximum Gasteiger partial charge on any atom is 0.485 e. The van der Waals surface area contributed by atoms with Crippen molar-refractivity contribution in [2.45, 2.75) is 12.4 Å². The number of methoxy groups -OCH3 is 1. The highest BCUT2D eigenvalue weighted by Crippen LogP contribution is 2.20. The minimum atomic E-state index is -6.09. The Morgan fingerprint density at radius 1 is 1.29 bits per heavy atom.